The van der Waals surface area contributed by atoms with Gasteiger partial charge in [-0.2, -0.15) is 0 Å². The Labute approximate surface area is 120 Å². The number of aromatic nitrogens is 3. The lowest BCUT2D eigenvalue weighted by Crippen LogP contribution is -2.23. The van der Waals surface area contributed by atoms with Crippen LogP contribution >= 0.6 is 11.3 Å². The highest BCUT2D eigenvalue weighted by Crippen LogP contribution is 2.21. The van der Waals surface area contributed by atoms with E-state index >= 15 is 0 Å². The lowest BCUT2D eigenvalue weighted by atomic mass is 10.1. The molecule has 1 atom stereocenters. The largest absolute Gasteiger partial charge is 0.291 e. The summed E-state index contributed by atoms with van der Waals surface area (Å²) >= 11 is 1.46. The van der Waals surface area contributed by atoms with E-state index in [1.165, 1.54) is 11.3 Å². The molecule has 3 aromatic heterocycles. The molecule has 0 bridgehead atoms. The minimum Gasteiger partial charge on any atom is -0.291 e. The van der Waals surface area contributed by atoms with E-state index in [2.05, 4.69) is 9.97 Å². The van der Waals surface area contributed by atoms with Gasteiger partial charge in [0.15, 0.2) is 0 Å². The van der Waals surface area contributed by atoms with Gasteiger partial charge in [-0.3, -0.25) is 14.3 Å². The van der Waals surface area contributed by atoms with Gasteiger partial charge in [0.25, 0.3) is 5.56 Å². The first-order valence-electron chi connectivity index (χ1n) is 6.45. The molecule has 5 heteroatoms. The first-order chi connectivity index (χ1) is 9.58. The van der Waals surface area contributed by atoms with Gasteiger partial charge in [-0.25, -0.2) is 4.98 Å². The Morgan fingerprint density at radius 2 is 2.05 bits per heavy atom. The average Bonchev–Trinajstić information content (AvgIpc) is 2.82. The van der Waals surface area contributed by atoms with Crippen molar-refractivity contribution in [1.29, 1.82) is 0 Å². The van der Waals surface area contributed by atoms with E-state index in [0.29, 0.717) is 0 Å². The number of pyridine rings is 1. The van der Waals surface area contributed by atoms with Crippen molar-refractivity contribution in [2.45, 2.75) is 26.8 Å². The first kappa shape index (κ1) is 13.0. The Balaban J connectivity index is 2.12. The molecule has 0 N–H and O–H groups in total. The van der Waals surface area contributed by atoms with Gasteiger partial charge in [0.05, 0.1) is 17.9 Å². The maximum absolute atomic E-state index is 12.5. The number of aryl methyl sites for hydroxylation is 2. The molecule has 0 spiro atoms. The molecule has 0 radical (unpaired) electrons. The summed E-state index contributed by atoms with van der Waals surface area (Å²) in [7, 11) is 0. The Bertz CT molecular complexity index is 817. The zero-order valence-electron chi connectivity index (χ0n) is 11.6. The second-order valence-corrected chi connectivity index (χ2v) is 5.84. The van der Waals surface area contributed by atoms with E-state index in [9.17, 15) is 4.79 Å². The van der Waals surface area contributed by atoms with Crippen molar-refractivity contribution in [3.63, 3.8) is 0 Å². The number of rotatable bonds is 2. The van der Waals surface area contributed by atoms with Gasteiger partial charge in [0.1, 0.15) is 4.70 Å². The Kier molecular flexibility index (Phi) is 3.14. The van der Waals surface area contributed by atoms with E-state index < -0.39 is 0 Å². The molecule has 0 fully saturated rings. The van der Waals surface area contributed by atoms with Crippen LogP contribution in [0.5, 0.6) is 0 Å². The number of nitrogens with zero attached hydrogens (tertiary/aromatic N) is 3. The fourth-order valence-corrected chi connectivity index (χ4v) is 3.14. The molecule has 0 saturated heterocycles. The Morgan fingerprint density at radius 3 is 2.75 bits per heavy atom. The summed E-state index contributed by atoms with van der Waals surface area (Å²) in [5, 5.41) is 1.97. The van der Waals surface area contributed by atoms with E-state index in [0.717, 1.165) is 27.0 Å². The molecule has 0 saturated carbocycles. The minimum absolute atomic E-state index is 0.0150. The van der Waals surface area contributed by atoms with Crippen LogP contribution in [0.25, 0.3) is 10.2 Å². The lowest BCUT2D eigenvalue weighted by Gasteiger charge is -2.14. The summed E-state index contributed by atoms with van der Waals surface area (Å²) in [6.45, 7) is 5.91. The van der Waals surface area contributed by atoms with Gasteiger partial charge in [0.2, 0.25) is 0 Å². The maximum atomic E-state index is 12.5. The summed E-state index contributed by atoms with van der Waals surface area (Å²) < 4.78 is 2.39. The summed E-state index contributed by atoms with van der Waals surface area (Å²) in [6, 6.07) is 3.89. The van der Waals surface area contributed by atoms with Gasteiger partial charge in [-0.15, -0.1) is 11.3 Å². The Hall–Kier alpha value is -2.01. The molecule has 3 rings (SSSR count). The fraction of sp³-hybridized carbons (Fsp3) is 0.267. The minimum atomic E-state index is -0.0742. The predicted molar refractivity (Wildman–Crippen MR) is 81.4 cm³/mol. The highest BCUT2D eigenvalue weighted by molar-refractivity contribution is 7.17. The van der Waals surface area contributed by atoms with Crippen molar-refractivity contribution in [1.82, 2.24) is 14.5 Å². The molecular formula is C15H15N3OS. The third kappa shape index (κ3) is 2.04. The second kappa shape index (κ2) is 4.83. The lowest BCUT2D eigenvalue weighted by molar-refractivity contribution is 0.607. The topological polar surface area (TPSA) is 47.8 Å². The van der Waals surface area contributed by atoms with E-state index in [1.807, 2.05) is 44.5 Å². The van der Waals surface area contributed by atoms with E-state index in [-0.39, 0.29) is 11.6 Å². The summed E-state index contributed by atoms with van der Waals surface area (Å²) in [6.07, 6.45) is 3.45. The normalized spacial score (nSPS) is 12.8. The maximum Gasteiger partial charge on any atom is 0.271 e. The summed E-state index contributed by atoms with van der Waals surface area (Å²) in [5.41, 5.74) is 3.86. The standard InChI is InChI=1S/C15H15N3OS/c1-9-7-20-14-13(9)17-8-18(15(14)19)11(3)12-5-4-10(2)16-6-12/h4-8,11H,1-3H3/t11-/m0/s1. The molecule has 3 aromatic rings. The van der Waals surface area contributed by atoms with Crippen molar-refractivity contribution in [3.8, 4) is 0 Å². The summed E-state index contributed by atoms with van der Waals surface area (Å²) in [4.78, 5) is 21.2. The highest BCUT2D eigenvalue weighted by Gasteiger charge is 2.14. The van der Waals surface area contributed by atoms with Gasteiger partial charge in [-0.1, -0.05) is 6.07 Å². The number of fused-ring (bicyclic) bond motifs is 1. The molecule has 102 valence electrons. The molecule has 4 nitrogen and oxygen atoms in total. The van der Waals surface area contributed by atoms with Crippen LogP contribution in [-0.4, -0.2) is 14.5 Å². The number of thiophene rings is 1. The van der Waals surface area contributed by atoms with Crippen molar-refractivity contribution in [3.05, 3.63) is 57.2 Å². The van der Waals surface area contributed by atoms with Crippen LogP contribution in [0, 0.1) is 13.8 Å². The van der Waals surface area contributed by atoms with Crippen LogP contribution in [0.1, 0.15) is 29.8 Å². The van der Waals surface area contributed by atoms with Crippen LogP contribution in [0.15, 0.2) is 34.8 Å². The third-order valence-corrected chi connectivity index (χ3v) is 4.59. The number of hydrogen-bond acceptors (Lipinski definition) is 4. The smallest absolute Gasteiger partial charge is 0.271 e. The molecule has 3 heterocycles. The van der Waals surface area contributed by atoms with E-state index in [1.54, 1.807) is 10.9 Å². The molecule has 0 amide bonds. The van der Waals surface area contributed by atoms with Crippen molar-refractivity contribution in [2.75, 3.05) is 0 Å². The van der Waals surface area contributed by atoms with Crippen molar-refractivity contribution >= 4 is 21.6 Å². The summed E-state index contributed by atoms with van der Waals surface area (Å²) in [5.74, 6) is 0. The molecular weight excluding hydrogens is 270 g/mol. The van der Waals surface area contributed by atoms with Crippen LogP contribution < -0.4 is 5.56 Å². The quantitative estimate of drug-likeness (QED) is 0.727. The predicted octanol–water partition coefficient (Wildman–Crippen LogP) is 3.08. The van der Waals surface area contributed by atoms with Crippen LogP contribution in [0.3, 0.4) is 0 Å². The molecule has 0 aliphatic rings. The fourth-order valence-electron chi connectivity index (χ4n) is 2.20. The zero-order chi connectivity index (χ0) is 14.3. The molecule has 0 aliphatic carbocycles. The second-order valence-electron chi connectivity index (χ2n) is 4.96. The zero-order valence-corrected chi connectivity index (χ0v) is 12.4. The highest BCUT2D eigenvalue weighted by atomic mass is 32.1. The molecule has 0 aliphatic heterocycles. The molecule has 0 aromatic carbocycles. The van der Waals surface area contributed by atoms with E-state index in [4.69, 9.17) is 0 Å². The first-order valence-corrected chi connectivity index (χ1v) is 7.33. The van der Waals surface area contributed by atoms with Crippen molar-refractivity contribution < 1.29 is 0 Å². The van der Waals surface area contributed by atoms with Crippen LogP contribution in [-0.2, 0) is 0 Å². The van der Waals surface area contributed by atoms with Crippen LogP contribution in [0.4, 0.5) is 0 Å². The third-order valence-electron chi connectivity index (χ3n) is 3.52. The Morgan fingerprint density at radius 1 is 1.25 bits per heavy atom. The monoisotopic (exact) mass is 285 g/mol. The van der Waals surface area contributed by atoms with Gasteiger partial charge in [-0.05, 0) is 43.3 Å². The van der Waals surface area contributed by atoms with Crippen molar-refractivity contribution in [2.24, 2.45) is 0 Å². The average molecular weight is 285 g/mol. The van der Waals surface area contributed by atoms with Gasteiger partial charge < -0.3 is 0 Å². The SMILES string of the molecule is Cc1ccc([C@H](C)n2cnc3c(C)csc3c2=O)cn1. The van der Waals surface area contributed by atoms with Gasteiger partial charge in [0, 0.05) is 11.9 Å². The van der Waals surface area contributed by atoms with Gasteiger partial charge >= 0.3 is 0 Å². The molecule has 0 unspecified atom stereocenters. The van der Waals surface area contributed by atoms with Crippen LogP contribution in [0.2, 0.25) is 0 Å². The molecule has 20 heavy (non-hydrogen) atoms. The number of hydrogen-bond donors (Lipinski definition) is 0.